The maximum Gasteiger partial charge on any atom is 0.349 e. The highest BCUT2D eigenvalue weighted by molar-refractivity contribution is 6.30. The van der Waals surface area contributed by atoms with E-state index < -0.39 is 24.5 Å². The Hall–Kier alpha value is -4.09. The Labute approximate surface area is 220 Å². The Morgan fingerprint density at radius 3 is 2.68 bits per heavy atom. The topological polar surface area (TPSA) is 101 Å². The van der Waals surface area contributed by atoms with Crippen LogP contribution >= 0.6 is 11.6 Å². The van der Waals surface area contributed by atoms with Crippen LogP contribution in [-0.4, -0.2) is 33.8 Å². The van der Waals surface area contributed by atoms with Gasteiger partial charge in [0.2, 0.25) is 0 Å². The van der Waals surface area contributed by atoms with Gasteiger partial charge in [-0.15, -0.1) is 0 Å². The molecule has 1 amide bonds. The lowest BCUT2D eigenvalue weighted by Crippen LogP contribution is -2.31. The molecule has 8 nitrogen and oxygen atoms in total. The number of nitrogens with zero attached hydrogens (tertiary/aromatic N) is 4. The van der Waals surface area contributed by atoms with Crippen LogP contribution in [0.1, 0.15) is 54.1 Å². The number of carbonyl (C=O) groups is 2. The number of esters is 1. The number of rotatable bonds is 8. The standard InChI is InChI=1S/C28H27ClN4O4/c1-4-11-32-18(2)13-21(19(32)3)14-22(16-30)28(35)37-17-27(34)33-25(26-6-5-12-36-26)15-24(31-33)20-7-9-23(29)10-8-20/h5-10,12-14,25H,4,11,15,17H2,1-3H3. The van der Waals surface area contributed by atoms with Crippen molar-refractivity contribution >= 4 is 35.3 Å². The summed E-state index contributed by atoms with van der Waals surface area (Å²) in [5.74, 6) is -0.837. The molecule has 3 aromatic rings. The lowest BCUT2D eigenvalue weighted by atomic mass is 10.0. The van der Waals surface area contributed by atoms with Crippen molar-refractivity contribution in [1.29, 1.82) is 5.26 Å². The van der Waals surface area contributed by atoms with E-state index in [2.05, 4.69) is 16.6 Å². The highest BCUT2D eigenvalue weighted by Gasteiger charge is 2.35. The van der Waals surface area contributed by atoms with Crippen LogP contribution in [0.25, 0.3) is 6.08 Å². The van der Waals surface area contributed by atoms with Gasteiger partial charge in [0.05, 0.1) is 12.0 Å². The molecule has 0 fully saturated rings. The second-order valence-corrected chi connectivity index (χ2v) is 9.19. The van der Waals surface area contributed by atoms with Crippen molar-refractivity contribution in [3.05, 3.63) is 87.6 Å². The summed E-state index contributed by atoms with van der Waals surface area (Å²) < 4.78 is 12.9. The first-order valence-electron chi connectivity index (χ1n) is 12.0. The lowest BCUT2D eigenvalue weighted by molar-refractivity contribution is -0.149. The largest absolute Gasteiger partial charge is 0.467 e. The van der Waals surface area contributed by atoms with Crippen molar-refractivity contribution in [2.75, 3.05) is 6.61 Å². The third-order valence-electron chi connectivity index (χ3n) is 6.24. The first-order valence-corrected chi connectivity index (χ1v) is 12.3. The molecule has 2 aromatic heterocycles. The fourth-order valence-corrected chi connectivity index (χ4v) is 4.49. The number of aryl methyl sites for hydroxylation is 1. The molecular formula is C28H27ClN4O4. The number of benzene rings is 1. The van der Waals surface area contributed by atoms with Gasteiger partial charge < -0.3 is 13.7 Å². The van der Waals surface area contributed by atoms with Crippen LogP contribution in [0.2, 0.25) is 5.02 Å². The number of halogens is 1. The molecule has 0 saturated carbocycles. The summed E-state index contributed by atoms with van der Waals surface area (Å²) in [6.45, 7) is 6.28. The van der Waals surface area contributed by atoms with Gasteiger partial charge in [-0.2, -0.15) is 10.4 Å². The fraction of sp³-hybridized carbons (Fsp3) is 0.286. The molecule has 0 N–H and O–H groups in total. The average Bonchev–Trinajstić information content (AvgIpc) is 3.63. The van der Waals surface area contributed by atoms with Crippen molar-refractivity contribution in [1.82, 2.24) is 9.58 Å². The Morgan fingerprint density at radius 1 is 1.27 bits per heavy atom. The summed E-state index contributed by atoms with van der Waals surface area (Å²) >= 11 is 6.00. The molecule has 1 aliphatic heterocycles. The first-order chi connectivity index (χ1) is 17.8. The van der Waals surface area contributed by atoms with Gasteiger partial charge in [0.1, 0.15) is 23.4 Å². The molecule has 0 saturated heterocycles. The molecule has 1 aromatic carbocycles. The van der Waals surface area contributed by atoms with Crippen LogP contribution in [0, 0.1) is 25.2 Å². The molecule has 1 aliphatic rings. The summed E-state index contributed by atoms with van der Waals surface area (Å²) in [6, 6.07) is 14.0. The van der Waals surface area contributed by atoms with Crippen LogP contribution in [-0.2, 0) is 20.9 Å². The minimum Gasteiger partial charge on any atom is -0.467 e. The van der Waals surface area contributed by atoms with Gasteiger partial charge >= 0.3 is 5.97 Å². The van der Waals surface area contributed by atoms with Crippen molar-refractivity contribution < 1.29 is 18.7 Å². The van der Waals surface area contributed by atoms with Crippen LogP contribution in [0.5, 0.6) is 0 Å². The predicted octanol–water partition coefficient (Wildman–Crippen LogP) is 5.59. The molecule has 1 unspecified atom stereocenters. The highest BCUT2D eigenvalue weighted by Crippen LogP contribution is 2.33. The zero-order valence-electron chi connectivity index (χ0n) is 20.9. The third kappa shape index (κ3) is 5.68. The maximum atomic E-state index is 13.1. The molecule has 0 bridgehead atoms. The Balaban J connectivity index is 1.50. The van der Waals surface area contributed by atoms with Gasteiger partial charge in [0, 0.05) is 29.4 Å². The smallest absolute Gasteiger partial charge is 0.349 e. The third-order valence-corrected chi connectivity index (χ3v) is 6.49. The second kappa shape index (κ2) is 11.3. The van der Waals surface area contributed by atoms with Gasteiger partial charge in [-0.25, -0.2) is 9.80 Å². The molecule has 190 valence electrons. The van der Waals surface area contributed by atoms with E-state index in [4.69, 9.17) is 20.8 Å². The van der Waals surface area contributed by atoms with E-state index in [1.165, 1.54) is 17.3 Å². The minimum absolute atomic E-state index is 0.182. The normalized spacial score (nSPS) is 15.4. The maximum absolute atomic E-state index is 13.1. The number of aromatic nitrogens is 1. The molecule has 1 atom stereocenters. The van der Waals surface area contributed by atoms with E-state index >= 15 is 0 Å². The molecule has 0 aliphatic carbocycles. The Bertz CT molecular complexity index is 1400. The number of nitriles is 1. The van der Waals surface area contributed by atoms with Crippen LogP contribution < -0.4 is 0 Å². The minimum atomic E-state index is -0.869. The zero-order chi connectivity index (χ0) is 26.5. The molecule has 0 radical (unpaired) electrons. The zero-order valence-corrected chi connectivity index (χ0v) is 21.7. The van der Waals surface area contributed by atoms with E-state index in [1.807, 2.05) is 38.1 Å². The van der Waals surface area contributed by atoms with Crippen LogP contribution in [0.3, 0.4) is 0 Å². The summed E-state index contributed by atoms with van der Waals surface area (Å²) in [4.78, 5) is 25.8. The summed E-state index contributed by atoms with van der Waals surface area (Å²) in [5.41, 5.74) is 4.08. The molecule has 0 spiro atoms. The second-order valence-electron chi connectivity index (χ2n) is 8.75. The van der Waals surface area contributed by atoms with Crippen LogP contribution in [0.4, 0.5) is 0 Å². The highest BCUT2D eigenvalue weighted by atomic mass is 35.5. The van der Waals surface area contributed by atoms with Gasteiger partial charge in [-0.05, 0) is 67.8 Å². The number of hydrogen-bond acceptors (Lipinski definition) is 6. The van der Waals surface area contributed by atoms with E-state index in [0.29, 0.717) is 22.9 Å². The van der Waals surface area contributed by atoms with E-state index in [-0.39, 0.29) is 5.57 Å². The molecule has 37 heavy (non-hydrogen) atoms. The molecular weight excluding hydrogens is 492 g/mol. The van der Waals surface area contributed by atoms with E-state index in [9.17, 15) is 14.9 Å². The summed E-state index contributed by atoms with van der Waals surface area (Å²) in [7, 11) is 0. The molecule has 9 heteroatoms. The fourth-order valence-electron chi connectivity index (χ4n) is 4.36. The quantitative estimate of drug-likeness (QED) is 0.220. The van der Waals surface area contributed by atoms with Crippen molar-refractivity contribution in [2.24, 2.45) is 5.10 Å². The molecule has 3 heterocycles. The number of furan rings is 1. The van der Waals surface area contributed by atoms with Crippen molar-refractivity contribution in [2.45, 2.75) is 46.2 Å². The van der Waals surface area contributed by atoms with Crippen molar-refractivity contribution in [3.63, 3.8) is 0 Å². The predicted molar refractivity (Wildman–Crippen MR) is 140 cm³/mol. The van der Waals surface area contributed by atoms with Crippen molar-refractivity contribution in [3.8, 4) is 6.07 Å². The van der Waals surface area contributed by atoms with Gasteiger partial charge in [0.15, 0.2) is 6.61 Å². The van der Waals surface area contributed by atoms with Gasteiger partial charge in [0.25, 0.3) is 5.91 Å². The SMILES string of the molecule is CCCn1c(C)cc(C=C(C#N)C(=O)OCC(=O)N2N=C(c3ccc(Cl)cc3)CC2c2ccco2)c1C. The van der Waals surface area contributed by atoms with E-state index in [1.54, 1.807) is 24.3 Å². The number of hydrogen-bond donors (Lipinski definition) is 0. The van der Waals surface area contributed by atoms with Gasteiger partial charge in [-0.1, -0.05) is 30.7 Å². The number of amides is 1. The lowest BCUT2D eigenvalue weighted by Gasteiger charge is -2.19. The van der Waals surface area contributed by atoms with Gasteiger partial charge in [-0.3, -0.25) is 4.79 Å². The Morgan fingerprint density at radius 2 is 2.03 bits per heavy atom. The monoisotopic (exact) mass is 518 g/mol. The Kier molecular flexibility index (Phi) is 7.95. The first kappa shape index (κ1) is 26.0. The number of ether oxygens (including phenoxy) is 1. The summed E-state index contributed by atoms with van der Waals surface area (Å²) in [5, 5.41) is 16.0. The van der Waals surface area contributed by atoms with Crippen LogP contribution in [0.15, 0.2) is 63.8 Å². The van der Waals surface area contributed by atoms with E-state index in [0.717, 1.165) is 35.5 Å². The number of hydrazone groups is 1. The average molecular weight is 519 g/mol. The molecule has 4 rings (SSSR count). The summed E-state index contributed by atoms with van der Waals surface area (Å²) in [6.07, 6.45) is 4.41. The number of carbonyl (C=O) groups excluding carboxylic acids is 2.